The third-order valence-corrected chi connectivity index (χ3v) is 4.29. The smallest absolute Gasteiger partial charge is 0.275 e. The Labute approximate surface area is 140 Å². The zero-order chi connectivity index (χ0) is 17.1. The third-order valence-electron chi connectivity index (χ3n) is 4.29. The first kappa shape index (κ1) is 16.7. The quantitative estimate of drug-likeness (QED) is 0.885. The van der Waals surface area contributed by atoms with E-state index in [9.17, 15) is 4.79 Å². The molecule has 130 valence electrons. The second kappa shape index (κ2) is 7.14. The molecule has 24 heavy (non-hydrogen) atoms. The average Bonchev–Trinajstić information content (AvgIpc) is 3.19. The molecule has 1 aliphatic heterocycles. The number of morpholine rings is 1. The predicted molar refractivity (Wildman–Crippen MR) is 86.8 cm³/mol. The maximum absolute atomic E-state index is 12.9. The lowest BCUT2D eigenvalue weighted by Gasteiger charge is -2.35. The molecule has 3 heterocycles. The monoisotopic (exact) mass is 333 g/mol. The highest BCUT2D eigenvalue weighted by Gasteiger charge is 2.33. The number of rotatable bonds is 5. The molecule has 0 unspecified atom stereocenters. The van der Waals surface area contributed by atoms with E-state index in [4.69, 9.17) is 9.47 Å². The first-order valence-electron chi connectivity index (χ1n) is 8.04. The Balaban J connectivity index is 1.82. The first-order chi connectivity index (χ1) is 11.6. The van der Waals surface area contributed by atoms with E-state index in [-0.39, 0.29) is 11.9 Å². The number of H-pyrrole nitrogens is 1. The molecule has 0 spiro atoms. The number of methoxy groups -OCH3 is 1. The zero-order valence-corrected chi connectivity index (χ0v) is 14.3. The largest absolute Gasteiger partial charge is 0.383 e. The Hall–Kier alpha value is -2.19. The highest BCUT2D eigenvalue weighted by molar-refractivity contribution is 5.92. The number of ether oxygens (including phenoxy) is 2. The van der Waals surface area contributed by atoms with E-state index in [2.05, 4.69) is 15.3 Å². The predicted octanol–water partition coefficient (Wildman–Crippen LogP) is 1.08. The van der Waals surface area contributed by atoms with Crippen LogP contribution >= 0.6 is 0 Å². The SMILES string of the molecule is COCCn1ccc(C(=O)N2CCOC[C@@H]2c2c(C)n[nH]c2C)n1. The van der Waals surface area contributed by atoms with Crippen LogP contribution in [-0.4, -0.2) is 64.3 Å². The fourth-order valence-corrected chi connectivity index (χ4v) is 3.07. The maximum atomic E-state index is 12.9. The molecule has 1 saturated heterocycles. The number of aromatic nitrogens is 4. The van der Waals surface area contributed by atoms with Crippen molar-refractivity contribution in [3.8, 4) is 0 Å². The molecular formula is C16H23N5O3. The van der Waals surface area contributed by atoms with Gasteiger partial charge in [0.25, 0.3) is 5.91 Å². The number of nitrogens with zero attached hydrogens (tertiary/aromatic N) is 4. The van der Waals surface area contributed by atoms with Gasteiger partial charge in [0.05, 0.1) is 38.1 Å². The fraction of sp³-hybridized carbons (Fsp3) is 0.562. The Morgan fingerprint density at radius 2 is 2.33 bits per heavy atom. The number of aromatic amines is 1. The van der Waals surface area contributed by atoms with Gasteiger partial charge in [0.15, 0.2) is 0 Å². The van der Waals surface area contributed by atoms with Crippen molar-refractivity contribution in [2.24, 2.45) is 0 Å². The molecule has 2 aromatic heterocycles. The van der Waals surface area contributed by atoms with Crippen LogP contribution in [0.25, 0.3) is 0 Å². The molecule has 0 aliphatic carbocycles. The van der Waals surface area contributed by atoms with Crippen LogP contribution in [0.2, 0.25) is 0 Å². The highest BCUT2D eigenvalue weighted by Crippen LogP contribution is 2.29. The van der Waals surface area contributed by atoms with Gasteiger partial charge in [0.2, 0.25) is 0 Å². The molecule has 0 saturated carbocycles. The fourth-order valence-electron chi connectivity index (χ4n) is 3.07. The number of amides is 1. The van der Waals surface area contributed by atoms with Crippen molar-refractivity contribution >= 4 is 5.91 Å². The summed E-state index contributed by atoms with van der Waals surface area (Å²) in [4.78, 5) is 14.8. The molecule has 1 fully saturated rings. The molecule has 1 amide bonds. The van der Waals surface area contributed by atoms with E-state index >= 15 is 0 Å². The summed E-state index contributed by atoms with van der Waals surface area (Å²) < 4.78 is 12.4. The van der Waals surface area contributed by atoms with E-state index in [0.717, 1.165) is 17.0 Å². The average molecular weight is 333 g/mol. The molecule has 0 bridgehead atoms. The van der Waals surface area contributed by atoms with Crippen molar-refractivity contribution in [2.45, 2.75) is 26.4 Å². The number of carbonyl (C=O) groups excluding carboxylic acids is 1. The van der Waals surface area contributed by atoms with Crippen molar-refractivity contribution in [1.82, 2.24) is 24.9 Å². The van der Waals surface area contributed by atoms with Crippen molar-refractivity contribution in [3.63, 3.8) is 0 Å². The summed E-state index contributed by atoms with van der Waals surface area (Å²) >= 11 is 0. The van der Waals surface area contributed by atoms with E-state index in [1.165, 1.54) is 0 Å². The number of nitrogens with one attached hydrogen (secondary N) is 1. The summed E-state index contributed by atoms with van der Waals surface area (Å²) in [7, 11) is 1.64. The van der Waals surface area contributed by atoms with E-state index in [1.807, 2.05) is 18.7 Å². The lowest BCUT2D eigenvalue weighted by atomic mass is 10.0. The summed E-state index contributed by atoms with van der Waals surface area (Å²) in [5.74, 6) is -0.0838. The molecule has 0 aromatic carbocycles. The van der Waals surface area contributed by atoms with Crippen molar-refractivity contribution < 1.29 is 14.3 Å². The number of carbonyl (C=O) groups is 1. The zero-order valence-electron chi connectivity index (χ0n) is 14.3. The minimum absolute atomic E-state index is 0.0838. The van der Waals surface area contributed by atoms with Gasteiger partial charge in [-0.25, -0.2) is 0 Å². The molecular weight excluding hydrogens is 310 g/mol. The van der Waals surface area contributed by atoms with Gasteiger partial charge in [0, 0.05) is 31.1 Å². The van der Waals surface area contributed by atoms with Gasteiger partial charge >= 0.3 is 0 Å². The lowest BCUT2D eigenvalue weighted by Crippen LogP contribution is -2.44. The highest BCUT2D eigenvalue weighted by atomic mass is 16.5. The van der Waals surface area contributed by atoms with Gasteiger partial charge in [-0.05, 0) is 19.9 Å². The summed E-state index contributed by atoms with van der Waals surface area (Å²) in [6.07, 6.45) is 1.80. The van der Waals surface area contributed by atoms with Crippen molar-refractivity contribution in [1.29, 1.82) is 0 Å². The second-order valence-corrected chi connectivity index (χ2v) is 5.89. The van der Waals surface area contributed by atoms with Crippen LogP contribution in [0.4, 0.5) is 0 Å². The molecule has 8 heteroatoms. The van der Waals surface area contributed by atoms with Crippen LogP contribution in [0.3, 0.4) is 0 Å². The van der Waals surface area contributed by atoms with Crippen LogP contribution < -0.4 is 0 Å². The van der Waals surface area contributed by atoms with Crippen LogP contribution in [0.15, 0.2) is 12.3 Å². The van der Waals surface area contributed by atoms with Crippen LogP contribution in [0, 0.1) is 13.8 Å². The topological polar surface area (TPSA) is 85.3 Å². The number of hydrogen-bond donors (Lipinski definition) is 1. The maximum Gasteiger partial charge on any atom is 0.275 e. The summed E-state index contributed by atoms with van der Waals surface area (Å²) in [6.45, 7) is 6.62. The molecule has 3 rings (SSSR count). The normalized spacial score (nSPS) is 18.1. The van der Waals surface area contributed by atoms with Gasteiger partial charge in [-0.2, -0.15) is 10.2 Å². The summed E-state index contributed by atoms with van der Waals surface area (Å²) in [5.41, 5.74) is 3.33. The Morgan fingerprint density at radius 3 is 3.04 bits per heavy atom. The molecule has 8 nitrogen and oxygen atoms in total. The Bertz CT molecular complexity index is 689. The molecule has 1 N–H and O–H groups in total. The molecule has 0 radical (unpaired) electrons. The van der Waals surface area contributed by atoms with Crippen LogP contribution in [0.5, 0.6) is 0 Å². The van der Waals surface area contributed by atoms with Gasteiger partial charge in [-0.3, -0.25) is 14.6 Å². The van der Waals surface area contributed by atoms with E-state index < -0.39 is 0 Å². The van der Waals surface area contributed by atoms with E-state index in [1.54, 1.807) is 24.1 Å². The standard InChI is InChI=1S/C16H23N5O3/c1-11-15(12(2)18-17-11)14-10-24-9-7-21(14)16(22)13-4-5-20(19-13)6-8-23-3/h4-5,14H,6-10H2,1-3H3,(H,17,18)/t14-/m1/s1. The number of aryl methyl sites for hydroxylation is 2. The van der Waals surface area contributed by atoms with Crippen molar-refractivity contribution in [2.75, 3.05) is 33.5 Å². The Morgan fingerprint density at radius 1 is 1.50 bits per heavy atom. The van der Waals surface area contributed by atoms with Gasteiger partial charge in [-0.1, -0.05) is 0 Å². The molecule has 1 atom stereocenters. The van der Waals surface area contributed by atoms with Gasteiger partial charge < -0.3 is 14.4 Å². The second-order valence-electron chi connectivity index (χ2n) is 5.89. The third kappa shape index (κ3) is 3.20. The van der Waals surface area contributed by atoms with Crippen LogP contribution in [0.1, 0.15) is 33.5 Å². The summed E-state index contributed by atoms with van der Waals surface area (Å²) in [6, 6.07) is 1.61. The van der Waals surface area contributed by atoms with E-state index in [0.29, 0.717) is 38.6 Å². The van der Waals surface area contributed by atoms with Crippen molar-refractivity contribution in [3.05, 3.63) is 34.9 Å². The van der Waals surface area contributed by atoms with Gasteiger partial charge in [0.1, 0.15) is 5.69 Å². The summed E-state index contributed by atoms with van der Waals surface area (Å²) in [5, 5.41) is 11.6. The first-order valence-corrected chi connectivity index (χ1v) is 8.04. The minimum atomic E-state index is -0.144. The number of hydrogen-bond acceptors (Lipinski definition) is 5. The molecule has 1 aliphatic rings. The Kier molecular flexibility index (Phi) is 4.96. The lowest BCUT2D eigenvalue weighted by molar-refractivity contribution is -0.00338. The minimum Gasteiger partial charge on any atom is -0.383 e. The van der Waals surface area contributed by atoms with Gasteiger partial charge in [-0.15, -0.1) is 0 Å². The molecule has 2 aromatic rings. The van der Waals surface area contributed by atoms with Crippen LogP contribution in [-0.2, 0) is 16.0 Å².